The van der Waals surface area contributed by atoms with Gasteiger partial charge in [-0.05, 0) is 51.9 Å². The molecule has 1 fully saturated rings. The third kappa shape index (κ3) is 7.48. The molecule has 23 heavy (non-hydrogen) atoms. The van der Waals surface area contributed by atoms with Crippen molar-refractivity contribution >= 4 is 29.9 Å². The molecule has 0 saturated heterocycles. The molecule has 130 valence electrons. The van der Waals surface area contributed by atoms with Crippen molar-refractivity contribution in [1.29, 1.82) is 0 Å². The van der Waals surface area contributed by atoms with Crippen molar-refractivity contribution in [3.63, 3.8) is 0 Å². The van der Waals surface area contributed by atoms with Crippen LogP contribution < -0.4 is 10.6 Å². The molecule has 0 aromatic carbocycles. The van der Waals surface area contributed by atoms with Gasteiger partial charge in [-0.25, -0.2) is 0 Å². The molecule has 1 unspecified atom stereocenters. The Morgan fingerprint density at radius 3 is 2.70 bits per heavy atom. The first-order valence-corrected chi connectivity index (χ1v) is 8.29. The van der Waals surface area contributed by atoms with E-state index in [1.54, 1.807) is 0 Å². The van der Waals surface area contributed by atoms with E-state index in [-0.39, 0.29) is 24.0 Å². The zero-order chi connectivity index (χ0) is 15.8. The number of nitrogens with one attached hydrogen (secondary N) is 2. The van der Waals surface area contributed by atoms with Crippen LogP contribution in [0.2, 0.25) is 0 Å². The summed E-state index contributed by atoms with van der Waals surface area (Å²) in [5.41, 5.74) is 1.11. The van der Waals surface area contributed by atoms with Crippen LogP contribution in [0.1, 0.15) is 25.5 Å². The SMILES string of the molecule is CCNC(=NCC(C1CC1)N(C)C)NCCc1ccccn1.I. The molecule has 0 aliphatic heterocycles. The fourth-order valence-electron chi connectivity index (χ4n) is 2.60. The molecule has 5 nitrogen and oxygen atoms in total. The van der Waals surface area contributed by atoms with Gasteiger partial charge in [-0.15, -0.1) is 24.0 Å². The highest BCUT2D eigenvalue weighted by Gasteiger charge is 2.32. The van der Waals surface area contributed by atoms with E-state index in [0.717, 1.165) is 43.6 Å². The Labute approximate surface area is 157 Å². The summed E-state index contributed by atoms with van der Waals surface area (Å²) in [6.07, 6.45) is 5.45. The lowest BCUT2D eigenvalue weighted by atomic mass is 10.2. The van der Waals surface area contributed by atoms with E-state index in [1.165, 1.54) is 12.8 Å². The molecule has 0 bridgehead atoms. The van der Waals surface area contributed by atoms with Gasteiger partial charge in [-0.2, -0.15) is 0 Å². The average molecular weight is 431 g/mol. The van der Waals surface area contributed by atoms with Crippen LogP contribution in [0.15, 0.2) is 29.4 Å². The molecule has 1 aliphatic rings. The molecular weight excluding hydrogens is 401 g/mol. The standard InChI is InChI=1S/C17H29N5.HI/c1-4-18-17(20-12-10-15-7-5-6-11-19-15)21-13-16(22(2)3)14-8-9-14;/h5-7,11,14,16H,4,8-10,12-13H2,1-3H3,(H2,18,20,21);1H. The normalized spacial score (nSPS) is 15.9. The second-order valence-corrected chi connectivity index (χ2v) is 6.09. The topological polar surface area (TPSA) is 52.6 Å². The number of guanidine groups is 1. The molecular formula is C17H30IN5. The lowest BCUT2D eigenvalue weighted by Crippen LogP contribution is -2.40. The zero-order valence-corrected chi connectivity index (χ0v) is 16.8. The maximum Gasteiger partial charge on any atom is 0.191 e. The first-order chi connectivity index (χ1) is 10.7. The van der Waals surface area contributed by atoms with Gasteiger partial charge in [0.2, 0.25) is 0 Å². The van der Waals surface area contributed by atoms with E-state index in [1.807, 2.05) is 18.3 Å². The third-order valence-electron chi connectivity index (χ3n) is 4.01. The Bertz CT molecular complexity index is 457. The van der Waals surface area contributed by atoms with Crippen molar-refractivity contribution in [3.8, 4) is 0 Å². The van der Waals surface area contributed by atoms with Crippen molar-refractivity contribution in [2.24, 2.45) is 10.9 Å². The monoisotopic (exact) mass is 431 g/mol. The Morgan fingerprint density at radius 1 is 1.35 bits per heavy atom. The second kappa shape index (κ2) is 10.8. The van der Waals surface area contributed by atoms with Crippen LogP contribution in [0.3, 0.4) is 0 Å². The minimum atomic E-state index is 0. The Morgan fingerprint density at radius 2 is 2.13 bits per heavy atom. The van der Waals surface area contributed by atoms with Gasteiger partial charge in [0.1, 0.15) is 0 Å². The van der Waals surface area contributed by atoms with Crippen LogP contribution in [-0.2, 0) is 6.42 Å². The lowest BCUT2D eigenvalue weighted by molar-refractivity contribution is 0.271. The van der Waals surface area contributed by atoms with Crippen molar-refractivity contribution in [3.05, 3.63) is 30.1 Å². The summed E-state index contributed by atoms with van der Waals surface area (Å²) in [5, 5.41) is 6.73. The highest BCUT2D eigenvalue weighted by molar-refractivity contribution is 14.0. The average Bonchev–Trinajstić information content (AvgIpc) is 3.33. The summed E-state index contributed by atoms with van der Waals surface area (Å²) >= 11 is 0. The Balaban J connectivity index is 0.00000264. The molecule has 1 aliphatic carbocycles. The summed E-state index contributed by atoms with van der Waals surface area (Å²) in [5.74, 6) is 1.74. The smallest absolute Gasteiger partial charge is 0.191 e. The van der Waals surface area contributed by atoms with E-state index >= 15 is 0 Å². The highest BCUT2D eigenvalue weighted by Crippen LogP contribution is 2.34. The van der Waals surface area contributed by atoms with Gasteiger partial charge in [0.05, 0.1) is 6.54 Å². The minimum Gasteiger partial charge on any atom is -0.357 e. The number of hydrogen-bond acceptors (Lipinski definition) is 3. The van der Waals surface area contributed by atoms with Crippen LogP contribution in [0.5, 0.6) is 0 Å². The number of aliphatic imine (C=N–C) groups is 1. The van der Waals surface area contributed by atoms with Crippen LogP contribution in [0.25, 0.3) is 0 Å². The summed E-state index contributed by atoms with van der Waals surface area (Å²) in [6.45, 7) is 4.68. The number of halogens is 1. The second-order valence-electron chi connectivity index (χ2n) is 6.09. The largest absolute Gasteiger partial charge is 0.357 e. The van der Waals surface area contributed by atoms with Gasteiger partial charge in [-0.3, -0.25) is 9.98 Å². The van der Waals surface area contributed by atoms with Crippen LogP contribution in [-0.4, -0.2) is 55.6 Å². The molecule has 1 aromatic heterocycles. The van der Waals surface area contributed by atoms with Gasteiger partial charge < -0.3 is 15.5 Å². The van der Waals surface area contributed by atoms with E-state index in [4.69, 9.17) is 4.99 Å². The van der Waals surface area contributed by atoms with Crippen molar-refractivity contribution in [1.82, 2.24) is 20.5 Å². The maximum atomic E-state index is 4.76. The van der Waals surface area contributed by atoms with Gasteiger partial charge in [0, 0.05) is 37.4 Å². The van der Waals surface area contributed by atoms with Crippen molar-refractivity contribution in [2.45, 2.75) is 32.2 Å². The third-order valence-corrected chi connectivity index (χ3v) is 4.01. The zero-order valence-electron chi connectivity index (χ0n) is 14.5. The molecule has 0 radical (unpaired) electrons. The summed E-state index contributed by atoms with van der Waals surface area (Å²) in [6, 6.07) is 6.59. The molecule has 1 heterocycles. The first-order valence-electron chi connectivity index (χ1n) is 8.29. The number of rotatable bonds is 8. The van der Waals surface area contributed by atoms with Crippen molar-refractivity contribution in [2.75, 3.05) is 33.7 Å². The Hall–Kier alpha value is -0.890. The number of pyridine rings is 1. The molecule has 2 N–H and O–H groups in total. The van der Waals surface area contributed by atoms with Crippen LogP contribution in [0.4, 0.5) is 0 Å². The van der Waals surface area contributed by atoms with E-state index in [2.05, 4.69) is 47.6 Å². The van der Waals surface area contributed by atoms with Crippen LogP contribution >= 0.6 is 24.0 Å². The fraction of sp³-hybridized carbons (Fsp3) is 0.647. The number of aromatic nitrogens is 1. The number of nitrogens with zero attached hydrogens (tertiary/aromatic N) is 3. The Kier molecular flexibility index (Phi) is 9.47. The quantitative estimate of drug-likeness (QED) is 0.376. The fourth-order valence-corrected chi connectivity index (χ4v) is 2.60. The summed E-state index contributed by atoms with van der Waals surface area (Å²) in [7, 11) is 4.31. The molecule has 6 heteroatoms. The molecule has 1 aromatic rings. The van der Waals surface area contributed by atoms with Crippen LogP contribution in [0, 0.1) is 5.92 Å². The lowest BCUT2D eigenvalue weighted by Gasteiger charge is -2.22. The molecule has 2 rings (SSSR count). The maximum absolute atomic E-state index is 4.76. The molecule has 1 atom stereocenters. The molecule has 0 spiro atoms. The van der Waals surface area contributed by atoms with Crippen molar-refractivity contribution < 1.29 is 0 Å². The predicted molar refractivity (Wildman–Crippen MR) is 108 cm³/mol. The number of hydrogen-bond donors (Lipinski definition) is 2. The van der Waals surface area contributed by atoms with Gasteiger partial charge in [0.25, 0.3) is 0 Å². The van der Waals surface area contributed by atoms with E-state index in [0.29, 0.717) is 6.04 Å². The highest BCUT2D eigenvalue weighted by atomic mass is 127. The molecule has 0 amide bonds. The van der Waals surface area contributed by atoms with Gasteiger partial charge in [-0.1, -0.05) is 6.07 Å². The predicted octanol–water partition coefficient (Wildman–Crippen LogP) is 2.14. The van der Waals surface area contributed by atoms with E-state index in [9.17, 15) is 0 Å². The van der Waals surface area contributed by atoms with Gasteiger partial charge in [0.15, 0.2) is 5.96 Å². The summed E-state index contributed by atoms with van der Waals surface area (Å²) < 4.78 is 0. The minimum absolute atomic E-state index is 0. The molecule has 1 saturated carbocycles. The number of likely N-dealkylation sites (N-methyl/N-ethyl adjacent to an activating group) is 1. The first kappa shape index (κ1) is 20.2. The summed E-state index contributed by atoms with van der Waals surface area (Å²) in [4.78, 5) is 11.4. The van der Waals surface area contributed by atoms with Gasteiger partial charge >= 0.3 is 0 Å². The van der Waals surface area contributed by atoms with E-state index < -0.39 is 0 Å².